The summed E-state index contributed by atoms with van der Waals surface area (Å²) in [5.41, 5.74) is 2.70. The summed E-state index contributed by atoms with van der Waals surface area (Å²) in [6, 6.07) is 19.6. The Hall–Kier alpha value is -1.80. The van der Waals surface area contributed by atoms with Crippen LogP contribution in [0.25, 0.3) is 0 Å². The fourth-order valence-corrected chi connectivity index (χ4v) is 3.93. The van der Waals surface area contributed by atoms with Gasteiger partial charge in [-0.05, 0) is 55.0 Å². The van der Waals surface area contributed by atoms with Crippen LogP contribution < -0.4 is 10.1 Å². The van der Waals surface area contributed by atoms with Crippen molar-refractivity contribution in [2.24, 2.45) is 5.92 Å². The van der Waals surface area contributed by atoms with Crippen LogP contribution in [0, 0.1) is 5.92 Å². The van der Waals surface area contributed by atoms with Crippen LogP contribution in [0.3, 0.4) is 0 Å². The summed E-state index contributed by atoms with van der Waals surface area (Å²) in [4.78, 5) is 0. The van der Waals surface area contributed by atoms with Gasteiger partial charge in [-0.1, -0.05) is 68.7 Å². The van der Waals surface area contributed by atoms with Gasteiger partial charge in [0.2, 0.25) is 0 Å². The molecule has 2 aromatic carbocycles. The maximum absolute atomic E-state index is 5.91. The smallest absolute Gasteiger partial charge is 0.119 e. The van der Waals surface area contributed by atoms with Crippen molar-refractivity contribution in [3.8, 4) is 5.75 Å². The number of ether oxygens (including phenoxy) is 1. The van der Waals surface area contributed by atoms with E-state index >= 15 is 0 Å². The first-order chi connectivity index (χ1) is 12.8. The van der Waals surface area contributed by atoms with Crippen molar-refractivity contribution in [2.75, 3.05) is 13.2 Å². The van der Waals surface area contributed by atoms with Gasteiger partial charge < -0.3 is 10.1 Å². The molecule has 26 heavy (non-hydrogen) atoms. The average molecular weight is 352 g/mol. The highest BCUT2D eigenvalue weighted by atomic mass is 16.5. The second-order valence-corrected chi connectivity index (χ2v) is 7.53. The van der Waals surface area contributed by atoms with Gasteiger partial charge in [0, 0.05) is 12.5 Å². The Labute approximate surface area is 159 Å². The second kappa shape index (κ2) is 10.4. The molecule has 140 valence electrons. The summed E-state index contributed by atoms with van der Waals surface area (Å²) in [5.74, 6) is 1.84. The fraction of sp³-hybridized carbons (Fsp3) is 0.500. The van der Waals surface area contributed by atoms with Crippen LogP contribution in [0.2, 0.25) is 0 Å². The molecule has 0 amide bonds. The van der Waals surface area contributed by atoms with Gasteiger partial charge >= 0.3 is 0 Å². The molecule has 1 saturated carbocycles. The maximum atomic E-state index is 5.91. The normalized spacial score (nSPS) is 16.3. The lowest BCUT2D eigenvalue weighted by Crippen LogP contribution is -2.28. The van der Waals surface area contributed by atoms with Crippen LogP contribution in [-0.2, 0) is 6.42 Å². The van der Waals surface area contributed by atoms with Gasteiger partial charge in [0.25, 0.3) is 0 Å². The monoisotopic (exact) mass is 351 g/mol. The lowest BCUT2D eigenvalue weighted by molar-refractivity contribution is 0.320. The Kier molecular flexibility index (Phi) is 7.57. The quantitative estimate of drug-likeness (QED) is 0.604. The first kappa shape index (κ1) is 19.0. The molecule has 0 saturated heterocycles. The van der Waals surface area contributed by atoms with Crippen LogP contribution in [0.15, 0.2) is 54.6 Å². The zero-order valence-corrected chi connectivity index (χ0v) is 16.1. The van der Waals surface area contributed by atoms with Gasteiger partial charge in [-0.2, -0.15) is 0 Å². The third-order valence-electron chi connectivity index (χ3n) is 5.57. The van der Waals surface area contributed by atoms with Crippen LogP contribution in [0.5, 0.6) is 5.75 Å². The second-order valence-electron chi connectivity index (χ2n) is 7.53. The standard InChI is InChI=1S/C24H33NO/c1-2-24(25-19-21-11-7-4-8-12-21)22-13-15-23(16-14-22)26-18-17-20-9-5-3-6-10-20/h3,5-6,9-10,13-16,21,24-25H,2,4,7-8,11-12,17-19H2,1H3. The molecule has 0 bridgehead atoms. The molecule has 1 N–H and O–H groups in total. The molecule has 1 aliphatic rings. The van der Waals surface area contributed by atoms with E-state index < -0.39 is 0 Å². The molecule has 1 aliphatic carbocycles. The van der Waals surface area contributed by atoms with E-state index in [1.54, 1.807) is 0 Å². The molecule has 0 heterocycles. The molecule has 2 heteroatoms. The zero-order valence-electron chi connectivity index (χ0n) is 16.1. The van der Waals surface area contributed by atoms with Gasteiger partial charge in [0.15, 0.2) is 0 Å². The van der Waals surface area contributed by atoms with Crippen molar-refractivity contribution in [2.45, 2.75) is 57.9 Å². The number of hydrogen-bond acceptors (Lipinski definition) is 2. The van der Waals surface area contributed by atoms with E-state index in [0.717, 1.165) is 37.7 Å². The Morgan fingerprint density at radius 2 is 1.69 bits per heavy atom. The van der Waals surface area contributed by atoms with Crippen molar-refractivity contribution in [3.63, 3.8) is 0 Å². The maximum Gasteiger partial charge on any atom is 0.119 e. The summed E-state index contributed by atoms with van der Waals surface area (Å²) in [5, 5.41) is 3.80. The Morgan fingerprint density at radius 3 is 2.38 bits per heavy atom. The van der Waals surface area contributed by atoms with E-state index in [-0.39, 0.29) is 0 Å². The minimum Gasteiger partial charge on any atom is -0.493 e. The highest BCUT2D eigenvalue weighted by molar-refractivity contribution is 5.29. The van der Waals surface area contributed by atoms with E-state index in [0.29, 0.717) is 6.04 Å². The molecule has 1 fully saturated rings. The van der Waals surface area contributed by atoms with Gasteiger partial charge in [0.05, 0.1) is 6.61 Å². The lowest BCUT2D eigenvalue weighted by atomic mass is 9.89. The molecule has 0 aromatic heterocycles. The summed E-state index contributed by atoms with van der Waals surface area (Å²) in [6.45, 7) is 4.15. The predicted molar refractivity (Wildman–Crippen MR) is 110 cm³/mol. The Balaban J connectivity index is 1.45. The third kappa shape index (κ3) is 5.88. The largest absolute Gasteiger partial charge is 0.493 e. The molecule has 3 rings (SSSR count). The molecule has 1 unspecified atom stereocenters. The van der Waals surface area contributed by atoms with Crippen molar-refractivity contribution in [3.05, 3.63) is 65.7 Å². The summed E-state index contributed by atoms with van der Waals surface area (Å²) >= 11 is 0. The van der Waals surface area contributed by atoms with E-state index in [1.807, 2.05) is 0 Å². The number of rotatable bonds is 9. The molecular weight excluding hydrogens is 318 g/mol. The average Bonchev–Trinajstić information content (AvgIpc) is 2.71. The molecule has 0 spiro atoms. The van der Waals surface area contributed by atoms with Crippen LogP contribution in [-0.4, -0.2) is 13.2 Å². The number of hydrogen-bond donors (Lipinski definition) is 1. The van der Waals surface area contributed by atoms with Gasteiger partial charge in [-0.25, -0.2) is 0 Å². The first-order valence-corrected chi connectivity index (χ1v) is 10.3. The first-order valence-electron chi connectivity index (χ1n) is 10.3. The molecule has 1 atom stereocenters. The van der Waals surface area contributed by atoms with Crippen molar-refractivity contribution < 1.29 is 4.74 Å². The highest BCUT2D eigenvalue weighted by Gasteiger charge is 2.16. The minimum absolute atomic E-state index is 0.454. The number of benzene rings is 2. The van der Waals surface area contributed by atoms with Gasteiger partial charge in [-0.15, -0.1) is 0 Å². The van der Waals surface area contributed by atoms with Crippen LogP contribution >= 0.6 is 0 Å². The molecule has 2 nitrogen and oxygen atoms in total. The zero-order chi connectivity index (χ0) is 18.0. The SMILES string of the molecule is CCC(NCC1CCCCC1)c1ccc(OCCc2ccccc2)cc1. The molecule has 0 aliphatic heterocycles. The summed E-state index contributed by atoms with van der Waals surface area (Å²) in [6.07, 6.45) is 9.13. The van der Waals surface area contributed by atoms with Crippen molar-refractivity contribution in [1.29, 1.82) is 0 Å². The summed E-state index contributed by atoms with van der Waals surface area (Å²) < 4.78 is 5.91. The molecule has 2 aromatic rings. The third-order valence-corrected chi connectivity index (χ3v) is 5.57. The van der Waals surface area contributed by atoms with Crippen molar-refractivity contribution in [1.82, 2.24) is 5.32 Å². The van der Waals surface area contributed by atoms with Gasteiger partial charge in [0.1, 0.15) is 5.75 Å². The fourth-order valence-electron chi connectivity index (χ4n) is 3.93. The highest BCUT2D eigenvalue weighted by Crippen LogP contribution is 2.25. The predicted octanol–water partition coefficient (Wildman–Crippen LogP) is 5.93. The van der Waals surface area contributed by atoms with Crippen molar-refractivity contribution >= 4 is 0 Å². The van der Waals surface area contributed by atoms with E-state index in [4.69, 9.17) is 4.74 Å². The van der Waals surface area contributed by atoms with E-state index in [9.17, 15) is 0 Å². The summed E-state index contributed by atoms with van der Waals surface area (Å²) in [7, 11) is 0. The Bertz CT molecular complexity index is 616. The number of nitrogens with one attached hydrogen (secondary N) is 1. The molecular formula is C24H33NO. The Morgan fingerprint density at radius 1 is 0.962 bits per heavy atom. The molecule has 0 radical (unpaired) electrons. The van der Waals surface area contributed by atoms with Gasteiger partial charge in [-0.3, -0.25) is 0 Å². The lowest BCUT2D eigenvalue weighted by Gasteiger charge is -2.25. The van der Waals surface area contributed by atoms with E-state index in [1.165, 1.54) is 43.2 Å². The van der Waals surface area contributed by atoms with Crippen LogP contribution in [0.4, 0.5) is 0 Å². The topological polar surface area (TPSA) is 21.3 Å². The van der Waals surface area contributed by atoms with E-state index in [2.05, 4.69) is 66.8 Å². The van der Waals surface area contributed by atoms with Crippen LogP contribution in [0.1, 0.15) is 62.6 Å². The minimum atomic E-state index is 0.454.